The van der Waals surface area contributed by atoms with E-state index in [1.807, 2.05) is 0 Å². The van der Waals surface area contributed by atoms with Gasteiger partial charge in [-0.25, -0.2) is 5.43 Å². The van der Waals surface area contributed by atoms with Gasteiger partial charge in [0.25, 0.3) is 23.2 Å². The smallest absolute Gasteiger partial charge is 0.271 e. The summed E-state index contributed by atoms with van der Waals surface area (Å²) < 4.78 is 0. The van der Waals surface area contributed by atoms with Crippen molar-refractivity contribution in [3.8, 4) is 0 Å². The fourth-order valence-electron chi connectivity index (χ4n) is 2.59. The van der Waals surface area contributed by atoms with Crippen LogP contribution in [-0.4, -0.2) is 27.9 Å². The molecule has 0 saturated heterocycles. The number of nitro benzene ring substituents is 2. The summed E-state index contributed by atoms with van der Waals surface area (Å²) in [5, 5.41) is 27.9. The second kappa shape index (κ2) is 9.71. The monoisotopic (exact) mass is 433 g/mol. The van der Waals surface area contributed by atoms with E-state index >= 15 is 0 Å². The van der Waals surface area contributed by atoms with Crippen molar-refractivity contribution in [1.29, 1.82) is 0 Å². The number of carbonyl (C=O) groups excluding carboxylic acids is 2. The quantitative estimate of drug-likeness (QED) is 0.330. The third kappa shape index (κ3) is 5.57. The Balaban J connectivity index is 1.58. The summed E-state index contributed by atoms with van der Waals surface area (Å²) in [5.74, 6) is -0.974. The van der Waals surface area contributed by atoms with Gasteiger partial charge in [-0.15, -0.1) is 0 Å². The molecular weight excluding hydrogens is 418 g/mol. The van der Waals surface area contributed by atoms with Crippen LogP contribution in [0.1, 0.15) is 26.3 Å². The molecule has 0 unspecified atom stereocenters. The summed E-state index contributed by atoms with van der Waals surface area (Å²) in [7, 11) is 0. The van der Waals surface area contributed by atoms with E-state index in [1.165, 1.54) is 72.9 Å². The lowest BCUT2D eigenvalue weighted by atomic mass is 10.1. The lowest BCUT2D eigenvalue weighted by Crippen LogP contribution is -2.18. The molecule has 0 radical (unpaired) electrons. The molecular formula is C21H15N5O6. The van der Waals surface area contributed by atoms with Crippen LogP contribution in [-0.2, 0) is 0 Å². The number of benzene rings is 3. The van der Waals surface area contributed by atoms with Crippen molar-refractivity contribution in [3.05, 3.63) is 110 Å². The summed E-state index contributed by atoms with van der Waals surface area (Å²) in [6.45, 7) is 0. The molecule has 0 heterocycles. The first-order chi connectivity index (χ1) is 15.3. The van der Waals surface area contributed by atoms with Crippen molar-refractivity contribution in [3.63, 3.8) is 0 Å². The third-order valence-corrected chi connectivity index (χ3v) is 4.21. The van der Waals surface area contributed by atoms with Crippen LogP contribution in [0.3, 0.4) is 0 Å². The van der Waals surface area contributed by atoms with Gasteiger partial charge in [-0.05, 0) is 36.4 Å². The molecule has 0 saturated carbocycles. The van der Waals surface area contributed by atoms with Gasteiger partial charge in [0.05, 0.1) is 16.1 Å². The Hall–Kier alpha value is -4.93. The SMILES string of the molecule is O=C(N/N=C\c1cccc([N+](=O)[O-])c1)c1ccc(NC(=O)c2ccc([N+](=O)[O-])cc2)cc1. The topological polar surface area (TPSA) is 157 Å². The van der Waals surface area contributed by atoms with Crippen molar-refractivity contribution < 1.29 is 19.4 Å². The standard InChI is InChI=1S/C21H15N5O6/c27-20(15-6-10-18(11-7-15)25(29)30)23-17-8-4-16(5-9-17)21(28)24-22-13-14-2-1-3-19(12-14)26(31)32/h1-13H,(H,23,27)(H,24,28)/b22-13-. The molecule has 0 aromatic heterocycles. The van der Waals surface area contributed by atoms with Crippen LogP contribution in [0.25, 0.3) is 0 Å². The first kappa shape index (κ1) is 21.8. The zero-order valence-electron chi connectivity index (χ0n) is 16.3. The Kier molecular flexibility index (Phi) is 6.61. The number of nitro groups is 2. The van der Waals surface area contributed by atoms with Gasteiger partial charge in [-0.3, -0.25) is 29.8 Å². The number of rotatable bonds is 7. The predicted octanol–water partition coefficient (Wildman–Crippen LogP) is 3.52. The van der Waals surface area contributed by atoms with Gasteiger partial charge in [0.15, 0.2) is 0 Å². The second-order valence-corrected chi connectivity index (χ2v) is 6.39. The van der Waals surface area contributed by atoms with Crippen molar-refractivity contribution in [2.24, 2.45) is 5.10 Å². The molecule has 0 aliphatic rings. The maximum atomic E-state index is 12.2. The lowest BCUT2D eigenvalue weighted by molar-refractivity contribution is -0.385. The Labute approximate surface area is 180 Å². The van der Waals surface area contributed by atoms with E-state index in [0.29, 0.717) is 11.3 Å². The second-order valence-electron chi connectivity index (χ2n) is 6.39. The van der Waals surface area contributed by atoms with Gasteiger partial charge >= 0.3 is 0 Å². The van der Waals surface area contributed by atoms with E-state index < -0.39 is 21.7 Å². The van der Waals surface area contributed by atoms with E-state index in [0.717, 1.165) is 0 Å². The van der Waals surface area contributed by atoms with Gasteiger partial charge in [-0.1, -0.05) is 12.1 Å². The molecule has 0 spiro atoms. The highest BCUT2D eigenvalue weighted by Gasteiger charge is 2.11. The van der Waals surface area contributed by atoms with Gasteiger partial charge < -0.3 is 5.32 Å². The van der Waals surface area contributed by atoms with Crippen LogP contribution in [0.4, 0.5) is 17.1 Å². The molecule has 0 aliphatic carbocycles. The van der Waals surface area contributed by atoms with Crippen molar-refractivity contribution in [2.45, 2.75) is 0 Å². The molecule has 2 amide bonds. The fourth-order valence-corrected chi connectivity index (χ4v) is 2.59. The van der Waals surface area contributed by atoms with Crippen LogP contribution in [0.5, 0.6) is 0 Å². The predicted molar refractivity (Wildman–Crippen MR) is 116 cm³/mol. The minimum Gasteiger partial charge on any atom is -0.322 e. The van der Waals surface area contributed by atoms with Crippen LogP contribution in [0, 0.1) is 20.2 Å². The normalized spacial score (nSPS) is 10.5. The van der Waals surface area contributed by atoms with Gasteiger partial charge in [-0.2, -0.15) is 5.10 Å². The average molecular weight is 433 g/mol. The highest BCUT2D eigenvalue weighted by molar-refractivity contribution is 6.04. The molecule has 3 aromatic carbocycles. The number of nitrogens with one attached hydrogen (secondary N) is 2. The number of amides is 2. The van der Waals surface area contributed by atoms with Gasteiger partial charge in [0, 0.05) is 46.6 Å². The molecule has 160 valence electrons. The zero-order chi connectivity index (χ0) is 23.1. The molecule has 2 N–H and O–H groups in total. The van der Waals surface area contributed by atoms with Gasteiger partial charge in [0.2, 0.25) is 0 Å². The van der Waals surface area contributed by atoms with E-state index in [4.69, 9.17) is 0 Å². The fraction of sp³-hybridized carbons (Fsp3) is 0. The first-order valence-electron chi connectivity index (χ1n) is 9.07. The minimum absolute atomic E-state index is 0.0911. The van der Waals surface area contributed by atoms with Crippen LogP contribution in [0.15, 0.2) is 77.9 Å². The molecule has 32 heavy (non-hydrogen) atoms. The first-order valence-corrected chi connectivity index (χ1v) is 9.07. The number of carbonyl (C=O) groups is 2. The number of anilines is 1. The lowest BCUT2D eigenvalue weighted by Gasteiger charge is -2.06. The molecule has 0 aliphatic heterocycles. The highest BCUT2D eigenvalue weighted by atomic mass is 16.6. The van der Waals surface area contributed by atoms with Crippen LogP contribution in [0.2, 0.25) is 0 Å². The molecule has 3 aromatic rings. The maximum absolute atomic E-state index is 12.2. The molecule has 3 rings (SSSR count). The summed E-state index contributed by atoms with van der Waals surface area (Å²) in [6.07, 6.45) is 1.28. The number of hydrazone groups is 1. The molecule has 0 bridgehead atoms. The van der Waals surface area contributed by atoms with Crippen molar-refractivity contribution in [1.82, 2.24) is 5.43 Å². The minimum atomic E-state index is -0.556. The largest absolute Gasteiger partial charge is 0.322 e. The molecule has 0 fully saturated rings. The van der Waals surface area contributed by atoms with Gasteiger partial charge in [0.1, 0.15) is 0 Å². The van der Waals surface area contributed by atoms with Crippen molar-refractivity contribution in [2.75, 3.05) is 5.32 Å². The van der Waals surface area contributed by atoms with Crippen LogP contribution < -0.4 is 10.7 Å². The molecule has 11 nitrogen and oxygen atoms in total. The van der Waals surface area contributed by atoms with E-state index in [9.17, 15) is 29.8 Å². The zero-order valence-corrected chi connectivity index (χ0v) is 16.3. The number of nitrogens with zero attached hydrogens (tertiary/aromatic N) is 3. The number of non-ortho nitro benzene ring substituents is 2. The maximum Gasteiger partial charge on any atom is 0.271 e. The Morgan fingerprint density at radius 1 is 0.781 bits per heavy atom. The van der Waals surface area contributed by atoms with E-state index in [2.05, 4.69) is 15.8 Å². The van der Waals surface area contributed by atoms with E-state index in [-0.39, 0.29) is 22.5 Å². The molecule has 0 atom stereocenters. The summed E-state index contributed by atoms with van der Waals surface area (Å²) in [5.41, 5.74) is 3.49. The number of hydrogen-bond acceptors (Lipinski definition) is 7. The summed E-state index contributed by atoms with van der Waals surface area (Å²) in [6, 6.07) is 16.9. The highest BCUT2D eigenvalue weighted by Crippen LogP contribution is 2.15. The summed E-state index contributed by atoms with van der Waals surface area (Å²) >= 11 is 0. The Morgan fingerprint density at radius 2 is 1.38 bits per heavy atom. The van der Waals surface area contributed by atoms with E-state index in [1.54, 1.807) is 6.07 Å². The summed E-state index contributed by atoms with van der Waals surface area (Å²) in [4.78, 5) is 44.8. The Bertz CT molecular complexity index is 1210. The molecule has 11 heteroatoms. The van der Waals surface area contributed by atoms with Crippen LogP contribution >= 0.6 is 0 Å². The third-order valence-electron chi connectivity index (χ3n) is 4.21. The number of hydrogen-bond donors (Lipinski definition) is 2. The van der Waals surface area contributed by atoms with Crippen molar-refractivity contribution >= 4 is 35.1 Å². The average Bonchev–Trinajstić information content (AvgIpc) is 2.79. The Morgan fingerprint density at radius 3 is 2.00 bits per heavy atom.